The molecule has 0 aliphatic heterocycles. The van der Waals surface area contributed by atoms with Gasteiger partial charge in [-0.15, -0.1) is 0 Å². The van der Waals surface area contributed by atoms with E-state index in [1.807, 2.05) is 13.8 Å². The number of hydrogen-bond donors (Lipinski definition) is 0. The lowest BCUT2D eigenvalue weighted by molar-refractivity contribution is -0.137. The summed E-state index contributed by atoms with van der Waals surface area (Å²) in [6.45, 7) is 3.95. The van der Waals surface area contributed by atoms with Crippen LogP contribution in [0, 0.1) is 17.8 Å². The molecule has 0 aromatic heterocycles. The van der Waals surface area contributed by atoms with Crippen LogP contribution in [0.25, 0.3) is 0 Å². The quantitative estimate of drug-likeness (QED) is 0.632. The van der Waals surface area contributed by atoms with Gasteiger partial charge in [0.15, 0.2) is 0 Å². The van der Waals surface area contributed by atoms with Crippen molar-refractivity contribution >= 4 is 0 Å². The zero-order chi connectivity index (χ0) is 12.2. The molecule has 0 aliphatic carbocycles. The summed E-state index contributed by atoms with van der Waals surface area (Å²) in [5.74, 6) is 5.71. The molecule has 0 saturated carbocycles. The van der Waals surface area contributed by atoms with Gasteiger partial charge in [-0.1, -0.05) is 37.8 Å². The molecule has 0 amide bonds. The molecule has 1 aromatic carbocycles. The maximum absolute atomic E-state index is 12.6. The van der Waals surface area contributed by atoms with Crippen LogP contribution in [0.2, 0.25) is 0 Å². The molecule has 0 radical (unpaired) electrons. The van der Waals surface area contributed by atoms with Crippen molar-refractivity contribution in [1.29, 1.82) is 0 Å². The number of benzene rings is 1. The van der Waals surface area contributed by atoms with E-state index in [2.05, 4.69) is 11.8 Å². The van der Waals surface area contributed by atoms with Crippen molar-refractivity contribution in [3.63, 3.8) is 0 Å². The highest BCUT2D eigenvalue weighted by molar-refractivity contribution is 5.42. The predicted molar refractivity (Wildman–Crippen MR) is 57.8 cm³/mol. The Morgan fingerprint density at radius 3 is 2.38 bits per heavy atom. The van der Waals surface area contributed by atoms with Gasteiger partial charge in [0, 0.05) is 12.0 Å². The monoisotopic (exact) mass is 226 g/mol. The first-order valence-electron chi connectivity index (χ1n) is 5.06. The summed E-state index contributed by atoms with van der Waals surface area (Å²) in [5.41, 5.74) is -0.609. The van der Waals surface area contributed by atoms with Crippen LogP contribution >= 0.6 is 0 Å². The van der Waals surface area contributed by atoms with Gasteiger partial charge in [-0.25, -0.2) is 0 Å². The normalized spacial score (nSPS) is 11.1. The van der Waals surface area contributed by atoms with Gasteiger partial charge in [-0.05, 0) is 18.1 Å². The fourth-order valence-corrected chi connectivity index (χ4v) is 1.19. The molecule has 0 saturated heterocycles. The van der Waals surface area contributed by atoms with Crippen LogP contribution in [0.15, 0.2) is 24.3 Å². The fourth-order valence-electron chi connectivity index (χ4n) is 1.19. The van der Waals surface area contributed by atoms with Gasteiger partial charge in [-0.3, -0.25) is 0 Å². The lowest BCUT2D eigenvalue weighted by atomic mass is 10.1. The highest BCUT2D eigenvalue weighted by Gasteiger charge is 2.32. The van der Waals surface area contributed by atoms with E-state index in [9.17, 15) is 13.2 Å². The Hall–Kier alpha value is -1.43. The standard InChI is InChI=1S/C13H13F3/c1-10(2)6-5-8-11-7-3-4-9-12(11)13(14,15)16/h3-4,7,9-10H,6H2,1-2H3. The summed E-state index contributed by atoms with van der Waals surface area (Å²) >= 11 is 0. The van der Waals surface area contributed by atoms with E-state index < -0.39 is 11.7 Å². The van der Waals surface area contributed by atoms with Crippen LogP contribution in [0.4, 0.5) is 13.2 Å². The average molecular weight is 226 g/mol. The minimum atomic E-state index is -4.33. The maximum atomic E-state index is 12.6. The third-order valence-corrected chi connectivity index (χ3v) is 1.97. The minimum Gasteiger partial charge on any atom is -0.166 e. The molecule has 16 heavy (non-hydrogen) atoms. The first kappa shape index (κ1) is 12.6. The molecule has 3 heteroatoms. The Balaban J connectivity index is 2.99. The molecule has 0 heterocycles. The van der Waals surface area contributed by atoms with Crippen LogP contribution in [-0.4, -0.2) is 0 Å². The van der Waals surface area contributed by atoms with Crippen molar-refractivity contribution < 1.29 is 13.2 Å². The largest absolute Gasteiger partial charge is 0.417 e. The first-order chi connectivity index (χ1) is 7.41. The van der Waals surface area contributed by atoms with E-state index in [4.69, 9.17) is 0 Å². The highest BCUT2D eigenvalue weighted by atomic mass is 19.4. The van der Waals surface area contributed by atoms with E-state index in [1.165, 1.54) is 12.1 Å². The maximum Gasteiger partial charge on any atom is 0.417 e. The van der Waals surface area contributed by atoms with Crippen molar-refractivity contribution in [3.8, 4) is 11.8 Å². The lowest BCUT2D eigenvalue weighted by Gasteiger charge is -2.08. The molecule has 1 aromatic rings. The smallest absolute Gasteiger partial charge is 0.166 e. The minimum absolute atomic E-state index is 0.0515. The molecule has 0 atom stereocenters. The molecule has 1 rings (SSSR count). The van der Waals surface area contributed by atoms with Gasteiger partial charge in [0.1, 0.15) is 0 Å². The Morgan fingerprint density at radius 1 is 1.19 bits per heavy atom. The number of halogens is 3. The van der Waals surface area contributed by atoms with E-state index in [0.29, 0.717) is 12.3 Å². The van der Waals surface area contributed by atoms with E-state index in [-0.39, 0.29) is 5.56 Å². The Bertz CT molecular complexity index is 405. The summed E-state index contributed by atoms with van der Waals surface area (Å²) in [6.07, 6.45) is -3.73. The van der Waals surface area contributed by atoms with Gasteiger partial charge in [0.25, 0.3) is 0 Å². The second kappa shape index (κ2) is 5.07. The van der Waals surface area contributed by atoms with Crippen LogP contribution in [0.1, 0.15) is 31.4 Å². The zero-order valence-corrected chi connectivity index (χ0v) is 9.23. The molecule has 0 nitrogen and oxygen atoms in total. The lowest BCUT2D eigenvalue weighted by Crippen LogP contribution is -2.07. The molecular weight excluding hydrogens is 213 g/mol. The molecule has 0 aliphatic rings. The van der Waals surface area contributed by atoms with Crippen molar-refractivity contribution in [1.82, 2.24) is 0 Å². The molecule has 0 bridgehead atoms. The van der Waals surface area contributed by atoms with Crippen molar-refractivity contribution in [2.45, 2.75) is 26.4 Å². The van der Waals surface area contributed by atoms with Crippen molar-refractivity contribution in [2.24, 2.45) is 5.92 Å². The molecular formula is C13H13F3. The number of hydrogen-bond acceptors (Lipinski definition) is 0. The van der Waals surface area contributed by atoms with E-state index in [1.54, 1.807) is 6.07 Å². The van der Waals surface area contributed by atoms with Gasteiger partial charge in [0.05, 0.1) is 5.56 Å². The third kappa shape index (κ3) is 3.62. The number of alkyl halides is 3. The van der Waals surface area contributed by atoms with Crippen LogP contribution in [0.5, 0.6) is 0 Å². The first-order valence-corrected chi connectivity index (χ1v) is 5.06. The fraction of sp³-hybridized carbons (Fsp3) is 0.385. The molecule has 0 N–H and O–H groups in total. The summed E-state index contributed by atoms with van der Waals surface area (Å²) in [5, 5.41) is 0. The molecule has 0 fully saturated rings. The molecule has 86 valence electrons. The van der Waals surface area contributed by atoms with Crippen molar-refractivity contribution in [2.75, 3.05) is 0 Å². The van der Waals surface area contributed by atoms with Gasteiger partial charge in [0.2, 0.25) is 0 Å². The summed E-state index contributed by atoms with van der Waals surface area (Å²) in [7, 11) is 0. The molecule has 0 spiro atoms. The van der Waals surface area contributed by atoms with Crippen LogP contribution < -0.4 is 0 Å². The van der Waals surface area contributed by atoms with E-state index in [0.717, 1.165) is 6.07 Å². The second-order valence-electron chi connectivity index (χ2n) is 3.94. The Morgan fingerprint density at radius 2 is 1.81 bits per heavy atom. The van der Waals surface area contributed by atoms with E-state index >= 15 is 0 Å². The van der Waals surface area contributed by atoms with Gasteiger partial charge < -0.3 is 0 Å². The average Bonchev–Trinajstić information content (AvgIpc) is 2.16. The number of rotatable bonds is 1. The van der Waals surface area contributed by atoms with Crippen LogP contribution in [-0.2, 0) is 6.18 Å². The Labute approximate surface area is 93.5 Å². The summed E-state index contributed by atoms with van der Waals surface area (Å²) < 4.78 is 37.7. The van der Waals surface area contributed by atoms with Gasteiger partial charge >= 0.3 is 6.18 Å². The topological polar surface area (TPSA) is 0 Å². The summed E-state index contributed by atoms with van der Waals surface area (Å²) in [6, 6.07) is 5.39. The molecule has 0 unspecified atom stereocenters. The summed E-state index contributed by atoms with van der Waals surface area (Å²) in [4.78, 5) is 0. The predicted octanol–water partition coefficient (Wildman–Crippen LogP) is 4.10. The van der Waals surface area contributed by atoms with Crippen molar-refractivity contribution in [3.05, 3.63) is 35.4 Å². The Kier molecular flexibility index (Phi) is 4.00. The highest BCUT2D eigenvalue weighted by Crippen LogP contribution is 2.31. The SMILES string of the molecule is CC(C)CC#Cc1ccccc1C(F)(F)F. The van der Waals surface area contributed by atoms with Crippen LogP contribution in [0.3, 0.4) is 0 Å². The third-order valence-electron chi connectivity index (χ3n) is 1.97. The zero-order valence-electron chi connectivity index (χ0n) is 9.23. The van der Waals surface area contributed by atoms with Gasteiger partial charge in [-0.2, -0.15) is 13.2 Å². The second-order valence-corrected chi connectivity index (χ2v) is 3.94.